The van der Waals surface area contributed by atoms with Crippen LogP contribution < -0.4 is 9.47 Å². The second kappa shape index (κ2) is 6.83. The van der Waals surface area contributed by atoms with Gasteiger partial charge in [0.25, 0.3) is 0 Å². The molecule has 0 fully saturated rings. The molecule has 2 rings (SSSR count). The van der Waals surface area contributed by atoms with E-state index in [4.69, 9.17) is 26.3 Å². The molecule has 20 heavy (non-hydrogen) atoms. The molecule has 0 radical (unpaired) electrons. The fraction of sp³-hybridized carbons (Fsp3) is 0.188. The monoisotopic (exact) mass is 287 g/mol. The number of hydrogen-bond donors (Lipinski definition) is 0. The standard InChI is InChI=1S/C16H14ClNO2/c1-2-9-19-15-5-3-4-6-16(15)20-14-8-7-12(11-18)10-13(14)17/h3-8,10H,2,9H2,1H3. The average molecular weight is 288 g/mol. The molecular formula is C16H14ClNO2. The minimum Gasteiger partial charge on any atom is -0.490 e. The third-order valence-corrected chi connectivity index (χ3v) is 2.89. The molecule has 0 heterocycles. The number of halogens is 1. The van der Waals surface area contributed by atoms with Crippen molar-refractivity contribution in [3.8, 4) is 23.3 Å². The third-order valence-electron chi connectivity index (χ3n) is 2.59. The Kier molecular flexibility index (Phi) is 4.86. The Morgan fingerprint density at radius 3 is 2.50 bits per heavy atom. The summed E-state index contributed by atoms with van der Waals surface area (Å²) in [6.45, 7) is 2.67. The largest absolute Gasteiger partial charge is 0.490 e. The van der Waals surface area contributed by atoms with Crippen molar-refractivity contribution in [1.82, 2.24) is 0 Å². The van der Waals surface area contributed by atoms with Crippen LogP contribution >= 0.6 is 11.6 Å². The van der Waals surface area contributed by atoms with Gasteiger partial charge in [-0.3, -0.25) is 0 Å². The number of benzene rings is 2. The zero-order valence-electron chi connectivity index (χ0n) is 11.1. The molecule has 0 N–H and O–H groups in total. The predicted molar refractivity (Wildman–Crippen MR) is 78.5 cm³/mol. The second-order valence-electron chi connectivity index (χ2n) is 4.15. The second-order valence-corrected chi connectivity index (χ2v) is 4.56. The summed E-state index contributed by atoms with van der Waals surface area (Å²) in [4.78, 5) is 0. The van der Waals surface area contributed by atoms with Crippen molar-refractivity contribution in [1.29, 1.82) is 5.26 Å². The molecule has 0 aliphatic rings. The van der Waals surface area contributed by atoms with Crippen LogP contribution in [0.5, 0.6) is 17.2 Å². The lowest BCUT2D eigenvalue weighted by Gasteiger charge is -2.12. The van der Waals surface area contributed by atoms with Crippen molar-refractivity contribution in [2.24, 2.45) is 0 Å². The summed E-state index contributed by atoms with van der Waals surface area (Å²) in [5.41, 5.74) is 0.498. The van der Waals surface area contributed by atoms with Crippen LogP contribution in [-0.4, -0.2) is 6.61 Å². The first-order chi connectivity index (χ1) is 9.74. The van der Waals surface area contributed by atoms with E-state index < -0.39 is 0 Å². The summed E-state index contributed by atoms with van der Waals surface area (Å²) in [5, 5.41) is 9.21. The maximum absolute atomic E-state index is 8.81. The van der Waals surface area contributed by atoms with E-state index in [0.717, 1.165) is 6.42 Å². The lowest BCUT2D eigenvalue weighted by atomic mass is 10.2. The first-order valence-electron chi connectivity index (χ1n) is 6.34. The van der Waals surface area contributed by atoms with Crippen LogP contribution in [0, 0.1) is 11.3 Å². The molecule has 0 atom stereocenters. The molecule has 0 bridgehead atoms. The van der Waals surface area contributed by atoms with E-state index in [1.165, 1.54) is 0 Å². The summed E-state index contributed by atoms with van der Waals surface area (Å²) in [6, 6.07) is 14.4. The summed E-state index contributed by atoms with van der Waals surface area (Å²) in [6.07, 6.45) is 0.923. The molecule has 2 aromatic carbocycles. The van der Waals surface area contributed by atoms with E-state index in [1.54, 1.807) is 18.2 Å². The maximum atomic E-state index is 8.81. The predicted octanol–water partition coefficient (Wildman–Crippen LogP) is 4.79. The molecule has 2 aromatic rings. The number of nitriles is 1. The highest BCUT2D eigenvalue weighted by Crippen LogP contribution is 2.35. The van der Waals surface area contributed by atoms with Gasteiger partial charge in [0.1, 0.15) is 5.75 Å². The van der Waals surface area contributed by atoms with Crippen LogP contribution in [0.15, 0.2) is 42.5 Å². The highest BCUT2D eigenvalue weighted by molar-refractivity contribution is 6.32. The van der Waals surface area contributed by atoms with Gasteiger partial charge in [0.05, 0.1) is 23.3 Å². The Hall–Kier alpha value is -2.18. The lowest BCUT2D eigenvalue weighted by molar-refractivity contribution is 0.302. The highest BCUT2D eigenvalue weighted by Gasteiger charge is 2.08. The number of ether oxygens (including phenoxy) is 2. The SMILES string of the molecule is CCCOc1ccccc1Oc1ccc(C#N)cc1Cl. The van der Waals surface area contributed by atoms with Crippen LogP contribution in [0.3, 0.4) is 0 Å². The van der Waals surface area contributed by atoms with Gasteiger partial charge in [-0.25, -0.2) is 0 Å². The van der Waals surface area contributed by atoms with Gasteiger partial charge in [0.2, 0.25) is 0 Å². The van der Waals surface area contributed by atoms with Gasteiger partial charge in [-0.2, -0.15) is 5.26 Å². The summed E-state index contributed by atoms with van der Waals surface area (Å²) in [7, 11) is 0. The Morgan fingerprint density at radius 2 is 1.85 bits per heavy atom. The van der Waals surface area contributed by atoms with Gasteiger partial charge in [0, 0.05) is 0 Å². The van der Waals surface area contributed by atoms with E-state index in [0.29, 0.717) is 34.4 Å². The topological polar surface area (TPSA) is 42.2 Å². The van der Waals surface area contributed by atoms with Crippen molar-refractivity contribution in [2.45, 2.75) is 13.3 Å². The smallest absolute Gasteiger partial charge is 0.169 e. The van der Waals surface area contributed by atoms with Crippen molar-refractivity contribution >= 4 is 11.6 Å². The molecule has 4 heteroatoms. The molecule has 3 nitrogen and oxygen atoms in total. The fourth-order valence-corrected chi connectivity index (χ4v) is 1.86. The van der Waals surface area contributed by atoms with E-state index in [-0.39, 0.29) is 0 Å². The van der Waals surface area contributed by atoms with Gasteiger partial charge >= 0.3 is 0 Å². The zero-order valence-corrected chi connectivity index (χ0v) is 11.9. The molecule has 0 aromatic heterocycles. The van der Waals surface area contributed by atoms with Crippen molar-refractivity contribution < 1.29 is 9.47 Å². The number of nitrogens with zero attached hydrogens (tertiary/aromatic N) is 1. The Morgan fingerprint density at radius 1 is 1.10 bits per heavy atom. The Bertz CT molecular complexity index is 635. The van der Waals surface area contributed by atoms with Crippen LogP contribution in [0.25, 0.3) is 0 Å². The summed E-state index contributed by atoms with van der Waals surface area (Å²) in [5.74, 6) is 1.78. The van der Waals surface area contributed by atoms with Gasteiger partial charge in [-0.05, 0) is 36.8 Å². The van der Waals surface area contributed by atoms with Crippen LogP contribution in [-0.2, 0) is 0 Å². The maximum Gasteiger partial charge on any atom is 0.169 e. The lowest BCUT2D eigenvalue weighted by Crippen LogP contribution is -1.97. The molecule has 0 unspecified atom stereocenters. The number of hydrogen-bond acceptors (Lipinski definition) is 3. The Balaban J connectivity index is 2.24. The molecular weight excluding hydrogens is 274 g/mol. The van der Waals surface area contributed by atoms with Gasteiger partial charge in [-0.15, -0.1) is 0 Å². The van der Waals surface area contributed by atoms with E-state index in [1.807, 2.05) is 37.3 Å². The fourth-order valence-electron chi connectivity index (χ4n) is 1.64. The molecule has 0 saturated carbocycles. The summed E-state index contributed by atoms with van der Waals surface area (Å²) < 4.78 is 11.4. The molecule has 0 aliphatic carbocycles. The highest BCUT2D eigenvalue weighted by atomic mass is 35.5. The van der Waals surface area contributed by atoms with E-state index >= 15 is 0 Å². The molecule has 0 aliphatic heterocycles. The van der Waals surface area contributed by atoms with Gasteiger partial charge < -0.3 is 9.47 Å². The van der Waals surface area contributed by atoms with Crippen molar-refractivity contribution in [3.05, 3.63) is 53.1 Å². The van der Waals surface area contributed by atoms with E-state index in [9.17, 15) is 0 Å². The van der Waals surface area contributed by atoms with Crippen molar-refractivity contribution in [2.75, 3.05) is 6.61 Å². The number of rotatable bonds is 5. The first kappa shape index (κ1) is 14.2. The van der Waals surface area contributed by atoms with E-state index in [2.05, 4.69) is 0 Å². The van der Waals surface area contributed by atoms with Crippen molar-refractivity contribution in [3.63, 3.8) is 0 Å². The molecule has 0 spiro atoms. The first-order valence-corrected chi connectivity index (χ1v) is 6.71. The van der Waals surface area contributed by atoms with Gasteiger partial charge in [0.15, 0.2) is 11.5 Å². The molecule has 0 saturated heterocycles. The van der Waals surface area contributed by atoms with Crippen LogP contribution in [0.1, 0.15) is 18.9 Å². The van der Waals surface area contributed by atoms with Gasteiger partial charge in [-0.1, -0.05) is 30.7 Å². The average Bonchev–Trinajstić information content (AvgIpc) is 2.48. The minimum atomic E-state index is 0.398. The van der Waals surface area contributed by atoms with Crippen LogP contribution in [0.4, 0.5) is 0 Å². The van der Waals surface area contributed by atoms with Crippen LogP contribution in [0.2, 0.25) is 5.02 Å². The third kappa shape index (κ3) is 3.43. The molecule has 102 valence electrons. The quantitative estimate of drug-likeness (QED) is 0.794. The minimum absolute atomic E-state index is 0.398. The Labute approximate surface area is 123 Å². The normalized spacial score (nSPS) is 9.85. The summed E-state index contributed by atoms with van der Waals surface area (Å²) >= 11 is 6.10. The molecule has 0 amide bonds. The number of para-hydroxylation sites is 2. The zero-order chi connectivity index (χ0) is 14.4.